The van der Waals surface area contributed by atoms with Gasteiger partial charge in [0, 0.05) is 46.4 Å². The highest BCUT2D eigenvalue weighted by Crippen LogP contribution is 2.44. The molecule has 2 aromatic carbocycles. The van der Waals surface area contributed by atoms with Crippen LogP contribution in [0.5, 0.6) is 0 Å². The molecule has 0 aliphatic carbocycles. The number of anilines is 1. The van der Waals surface area contributed by atoms with Gasteiger partial charge in [-0.2, -0.15) is 0 Å². The molecule has 6 nitrogen and oxygen atoms in total. The van der Waals surface area contributed by atoms with Crippen molar-refractivity contribution in [1.82, 2.24) is 9.88 Å². The number of nitrogens with zero attached hydrogens (tertiary/aromatic N) is 1. The summed E-state index contributed by atoms with van der Waals surface area (Å²) in [6.07, 6.45) is 0. The highest BCUT2D eigenvalue weighted by Gasteiger charge is 2.44. The van der Waals surface area contributed by atoms with E-state index in [0.717, 1.165) is 32.7 Å². The lowest BCUT2D eigenvalue weighted by Crippen LogP contribution is -2.47. The summed E-state index contributed by atoms with van der Waals surface area (Å²) in [7, 11) is 1.62. The Bertz CT molecular complexity index is 1310. The van der Waals surface area contributed by atoms with Crippen LogP contribution in [0, 0.1) is 6.92 Å². The highest BCUT2D eigenvalue weighted by molar-refractivity contribution is 7.10. The molecule has 0 spiro atoms. The van der Waals surface area contributed by atoms with E-state index in [1.54, 1.807) is 29.4 Å². The van der Waals surface area contributed by atoms with Crippen LogP contribution >= 0.6 is 11.3 Å². The van der Waals surface area contributed by atoms with Gasteiger partial charge >= 0.3 is 0 Å². The topological polar surface area (TPSA) is 74.4 Å². The van der Waals surface area contributed by atoms with Gasteiger partial charge in [0.25, 0.3) is 5.91 Å². The molecule has 2 atom stereocenters. The minimum absolute atomic E-state index is 0.0747. The van der Waals surface area contributed by atoms with Crippen LogP contribution < -0.4 is 5.32 Å². The molecule has 1 aliphatic heterocycles. The lowest BCUT2D eigenvalue weighted by molar-refractivity contribution is -0.119. The number of rotatable bonds is 6. The summed E-state index contributed by atoms with van der Waals surface area (Å²) in [5.74, 6) is -0.755. The Balaban J connectivity index is 1.57. The quantitative estimate of drug-likeness (QED) is 0.421. The number of fused-ring (bicyclic) bond motifs is 2. The summed E-state index contributed by atoms with van der Waals surface area (Å²) < 4.78 is 5.29. The third-order valence-corrected chi connectivity index (χ3v) is 7.06. The van der Waals surface area contributed by atoms with E-state index in [-0.39, 0.29) is 11.8 Å². The van der Waals surface area contributed by atoms with Gasteiger partial charge in [0.2, 0.25) is 5.91 Å². The van der Waals surface area contributed by atoms with E-state index in [9.17, 15) is 9.59 Å². The first-order valence-electron chi connectivity index (χ1n) is 10.9. The second-order valence-corrected chi connectivity index (χ2v) is 9.24. The highest BCUT2D eigenvalue weighted by atomic mass is 32.1. The third-order valence-electron chi connectivity index (χ3n) is 6.12. The fraction of sp³-hybridized carbons (Fsp3) is 0.231. The van der Waals surface area contributed by atoms with E-state index >= 15 is 0 Å². The molecule has 3 heterocycles. The second kappa shape index (κ2) is 8.84. The number of hydrogen-bond acceptors (Lipinski definition) is 4. The fourth-order valence-electron chi connectivity index (χ4n) is 4.66. The molecule has 0 fully saturated rings. The fourth-order valence-corrected chi connectivity index (χ4v) is 5.54. The molecular formula is C26H25N3O3S. The van der Waals surface area contributed by atoms with Gasteiger partial charge in [0.1, 0.15) is 0 Å². The van der Waals surface area contributed by atoms with Gasteiger partial charge in [-0.15, -0.1) is 11.3 Å². The number of nitrogens with one attached hydrogen (secondary N) is 2. The number of hydrogen-bond donors (Lipinski definition) is 2. The van der Waals surface area contributed by atoms with Crippen LogP contribution in [0.15, 0.2) is 66.0 Å². The van der Waals surface area contributed by atoms with E-state index in [1.807, 2.05) is 60.8 Å². The summed E-state index contributed by atoms with van der Waals surface area (Å²) in [6, 6.07) is 18.9. The zero-order valence-corrected chi connectivity index (χ0v) is 19.3. The van der Waals surface area contributed by atoms with Crippen molar-refractivity contribution in [1.29, 1.82) is 0 Å². The predicted octanol–water partition coefficient (Wildman–Crippen LogP) is 5.10. The normalized spacial score (nSPS) is 17.9. The number of H-pyrrole nitrogens is 1. The van der Waals surface area contributed by atoms with Crippen LogP contribution in [0.3, 0.4) is 0 Å². The Hall–Kier alpha value is -3.42. The Morgan fingerprint density at radius 3 is 2.79 bits per heavy atom. The first-order chi connectivity index (χ1) is 16.1. The molecule has 0 saturated heterocycles. The lowest BCUT2D eigenvalue weighted by atomic mass is 9.81. The number of aromatic amines is 1. The van der Waals surface area contributed by atoms with Crippen LogP contribution in [0.4, 0.5) is 5.69 Å². The van der Waals surface area contributed by atoms with Crippen molar-refractivity contribution < 1.29 is 14.3 Å². The van der Waals surface area contributed by atoms with E-state index in [2.05, 4.69) is 16.4 Å². The molecule has 168 valence electrons. The molecule has 0 radical (unpaired) electrons. The molecule has 2 amide bonds. The second-order valence-electron chi connectivity index (χ2n) is 8.26. The van der Waals surface area contributed by atoms with Crippen LogP contribution in [0.25, 0.3) is 10.9 Å². The van der Waals surface area contributed by atoms with Crippen LogP contribution in [-0.4, -0.2) is 42.0 Å². The molecule has 2 unspecified atom stereocenters. The van der Waals surface area contributed by atoms with E-state index in [4.69, 9.17) is 4.74 Å². The zero-order chi connectivity index (χ0) is 22.9. The molecule has 2 aromatic heterocycles. The maximum absolute atomic E-state index is 13.8. The number of aromatic nitrogens is 1. The van der Waals surface area contributed by atoms with Crippen molar-refractivity contribution in [3.05, 3.63) is 87.7 Å². The van der Waals surface area contributed by atoms with Crippen LogP contribution in [0.1, 0.15) is 38.5 Å². The van der Waals surface area contributed by atoms with Gasteiger partial charge in [-0.05, 0) is 54.3 Å². The predicted molar refractivity (Wildman–Crippen MR) is 131 cm³/mol. The Kier molecular flexibility index (Phi) is 5.74. The van der Waals surface area contributed by atoms with Crippen molar-refractivity contribution in [2.75, 3.05) is 25.6 Å². The molecule has 7 heteroatoms. The minimum Gasteiger partial charge on any atom is -0.383 e. The van der Waals surface area contributed by atoms with Crippen molar-refractivity contribution in [2.24, 2.45) is 0 Å². The molecule has 33 heavy (non-hydrogen) atoms. The molecule has 2 N–H and O–H groups in total. The number of methoxy groups -OCH3 is 1. The van der Waals surface area contributed by atoms with Crippen molar-refractivity contribution >= 4 is 39.7 Å². The average molecular weight is 460 g/mol. The molecule has 1 aliphatic rings. The van der Waals surface area contributed by atoms with Crippen molar-refractivity contribution in [2.45, 2.75) is 18.9 Å². The first kappa shape index (κ1) is 21.4. The molecule has 0 saturated carbocycles. The van der Waals surface area contributed by atoms with Crippen LogP contribution in [0.2, 0.25) is 0 Å². The van der Waals surface area contributed by atoms with Crippen molar-refractivity contribution in [3.8, 4) is 0 Å². The summed E-state index contributed by atoms with van der Waals surface area (Å²) in [6.45, 7) is 2.81. The maximum atomic E-state index is 13.8. The molecular weight excluding hydrogens is 434 g/mol. The molecule has 4 aromatic rings. The van der Waals surface area contributed by atoms with Gasteiger partial charge in [-0.3, -0.25) is 9.59 Å². The maximum Gasteiger partial charge on any atom is 0.254 e. The zero-order valence-electron chi connectivity index (χ0n) is 18.5. The summed E-state index contributed by atoms with van der Waals surface area (Å²) >= 11 is 1.56. The smallest absolute Gasteiger partial charge is 0.254 e. The Morgan fingerprint density at radius 2 is 2.00 bits per heavy atom. The molecule has 5 rings (SSSR count). The average Bonchev–Trinajstić information content (AvgIpc) is 3.47. The van der Waals surface area contributed by atoms with Gasteiger partial charge in [-0.25, -0.2) is 0 Å². The number of ether oxygens (including phenoxy) is 1. The van der Waals surface area contributed by atoms with Gasteiger partial charge in [0.15, 0.2) is 0 Å². The van der Waals surface area contributed by atoms with Gasteiger partial charge < -0.3 is 19.9 Å². The number of amides is 2. The number of carbonyl (C=O) groups is 2. The standard InChI is InChI=1S/C26H25N3O3S/c1-16-14-17-15-18(9-10-21(17)27-16)28-25(30)23-19-6-3-4-7-20(19)26(31)29(11-12-32-2)24(23)22-8-5-13-33-22/h3-10,13-15,23-24,27H,11-12H2,1-2H3,(H,28,30). The summed E-state index contributed by atoms with van der Waals surface area (Å²) in [4.78, 5) is 33.3. The molecule has 0 bridgehead atoms. The minimum atomic E-state index is -0.543. The Labute approximate surface area is 196 Å². The first-order valence-corrected chi connectivity index (χ1v) is 11.8. The summed E-state index contributed by atoms with van der Waals surface area (Å²) in [5, 5.41) is 6.14. The third kappa shape index (κ3) is 3.94. The van der Waals surface area contributed by atoms with Gasteiger partial charge in [0.05, 0.1) is 18.6 Å². The number of benzene rings is 2. The largest absolute Gasteiger partial charge is 0.383 e. The lowest BCUT2D eigenvalue weighted by Gasteiger charge is -2.41. The number of aryl methyl sites for hydroxylation is 1. The number of carbonyl (C=O) groups excluding carboxylic acids is 2. The van der Waals surface area contributed by atoms with Gasteiger partial charge in [-0.1, -0.05) is 24.3 Å². The summed E-state index contributed by atoms with van der Waals surface area (Å²) in [5.41, 5.74) is 4.15. The number of thiophene rings is 1. The van der Waals surface area contributed by atoms with E-state index < -0.39 is 12.0 Å². The Morgan fingerprint density at radius 1 is 1.15 bits per heavy atom. The van der Waals surface area contributed by atoms with E-state index in [0.29, 0.717) is 18.7 Å². The van der Waals surface area contributed by atoms with Crippen molar-refractivity contribution in [3.63, 3.8) is 0 Å². The van der Waals surface area contributed by atoms with Crippen LogP contribution in [-0.2, 0) is 9.53 Å². The SMILES string of the molecule is COCCN1C(=O)c2ccccc2C(C(=O)Nc2ccc3[nH]c(C)cc3c2)C1c1cccs1. The monoisotopic (exact) mass is 459 g/mol. The van der Waals surface area contributed by atoms with E-state index in [1.165, 1.54) is 0 Å².